The van der Waals surface area contributed by atoms with Crippen LogP contribution < -0.4 is 0 Å². The van der Waals surface area contributed by atoms with Gasteiger partial charge in [0.05, 0.1) is 11.2 Å². The number of hydrogen-bond donors (Lipinski definition) is 0. The second-order valence-corrected chi connectivity index (χ2v) is 17.5. The third-order valence-electron chi connectivity index (χ3n) is 14.0. The smallest absolute Gasteiger partial charge is 0.148 e. The molecule has 0 saturated carbocycles. The summed E-state index contributed by atoms with van der Waals surface area (Å²) in [4.78, 5) is 14.2. The lowest BCUT2D eigenvalue weighted by molar-refractivity contribution is 1.11. The maximum atomic E-state index is 4.97. The van der Waals surface area contributed by atoms with Gasteiger partial charge in [0.25, 0.3) is 0 Å². The quantitative estimate of drug-likeness (QED) is 0.178. The van der Waals surface area contributed by atoms with Crippen LogP contribution in [0, 0.1) is 0 Å². The second kappa shape index (κ2) is 14.8. The molecule has 0 N–H and O–H groups in total. The summed E-state index contributed by atoms with van der Waals surface area (Å²) in [6, 6.07) is 77.9. The number of aromatic nitrogens is 4. The van der Waals surface area contributed by atoms with Gasteiger partial charge in [-0.05, 0) is 137 Å². The number of para-hydroxylation sites is 1. The molecule has 67 heavy (non-hydrogen) atoms. The Bertz CT molecular complexity index is 3950. The number of pyridine rings is 1. The molecule has 4 heteroatoms. The lowest BCUT2D eigenvalue weighted by Crippen LogP contribution is -2.00. The van der Waals surface area contributed by atoms with Gasteiger partial charge >= 0.3 is 0 Å². The van der Waals surface area contributed by atoms with Crippen LogP contribution in [0.4, 0.5) is 0 Å². The predicted molar refractivity (Wildman–Crippen MR) is 276 cm³/mol. The molecule has 14 rings (SSSR count). The predicted octanol–water partition coefficient (Wildman–Crippen LogP) is 16.3. The first-order valence-corrected chi connectivity index (χ1v) is 22.8. The molecule has 0 saturated heterocycles. The molecule has 3 heterocycles. The number of nitrogens with zero attached hydrogens (tertiary/aromatic N) is 4. The largest absolute Gasteiger partial charge is 0.294 e. The van der Waals surface area contributed by atoms with Crippen LogP contribution in [0.25, 0.3) is 139 Å². The summed E-state index contributed by atoms with van der Waals surface area (Å²) in [6.07, 6.45) is 5.48. The topological polar surface area (TPSA) is 43.6 Å². The summed E-state index contributed by atoms with van der Waals surface area (Å²) < 4.78 is 2.28. The van der Waals surface area contributed by atoms with Gasteiger partial charge < -0.3 is 0 Å². The highest BCUT2D eigenvalue weighted by atomic mass is 15.1. The number of benzene rings is 9. The first-order chi connectivity index (χ1) is 33.2. The Morgan fingerprint density at radius 3 is 1.39 bits per heavy atom. The summed E-state index contributed by atoms with van der Waals surface area (Å²) in [5.41, 5.74) is 26.7. The monoisotopic (exact) mass is 850 g/mol. The van der Waals surface area contributed by atoms with E-state index in [1.54, 1.807) is 6.33 Å². The van der Waals surface area contributed by atoms with Crippen molar-refractivity contribution in [1.29, 1.82) is 0 Å². The molecule has 0 aliphatic heterocycles. The van der Waals surface area contributed by atoms with Crippen molar-refractivity contribution in [3.63, 3.8) is 0 Å². The van der Waals surface area contributed by atoms with Crippen molar-refractivity contribution in [3.8, 4) is 117 Å². The van der Waals surface area contributed by atoms with E-state index in [0.717, 1.165) is 44.4 Å². The van der Waals surface area contributed by atoms with E-state index in [0.29, 0.717) is 0 Å². The normalized spacial score (nSPS) is 11.9. The molecule has 12 aromatic rings. The van der Waals surface area contributed by atoms with Crippen LogP contribution in [0.3, 0.4) is 0 Å². The number of fused-ring (bicyclic) bond motifs is 19. The van der Waals surface area contributed by atoms with Crippen LogP contribution >= 0.6 is 0 Å². The third-order valence-corrected chi connectivity index (χ3v) is 14.0. The van der Waals surface area contributed by atoms with Gasteiger partial charge in [-0.15, -0.1) is 0 Å². The van der Waals surface area contributed by atoms with Crippen molar-refractivity contribution < 1.29 is 0 Å². The van der Waals surface area contributed by atoms with Crippen molar-refractivity contribution >= 4 is 21.9 Å². The van der Waals surface area contributed by atoms with Crippen molar-refractivity contribution in [3.05, 3.63) is 231 Å². The molecule has 0 unspecified atom stereocenters. The molecule has 4 nitrogen and oxygen atoms in total. The van der Waals surface area contributed by atoms with Crippen molar-refractivity contribution in [2.75, 3.05) is 0 Å². The molecule has 0 amide bonds. The summed E-state index contributed by atoms with van der Waals surface area (Å²) >= 11 is 0. The van der Waals surface area contributed by atoms with E-state index in [1.807, 2.05) is 18.5 Å². The molecule has 0 fully saturated rings. The van der Waals surface area contributed by atoms with Crippen LogP contribution in [-0.2, 0) is 0 Å². The molecule has 310 valence electrons. The maximum absolute atomic E-state index is 4.97. The van der Waals surface area contributed by atoms with E-state index >= 15 is 0 Å². The highest BCUT2D eigenvalue weighted by Gasteiger charge is 2.26. The Morgan fingerprint density at radius 2 is 0.761 bits per heavy atom. The van der Waals surface area contributed by atoms with Gasteiger partial charge in [0.2, 0.25) is 0 Å². The van der Waals surface area contributed by atoms with Crippen molar-refractivity contribution in [1.82, 2.24) is 19.5 Å². The minimum absolute atomic E-state index is 0.896. The van der Waals surface area contributed by atoms with Gasteiger partial charge in [-0.1, -0.05) is 170 Å². The Balaban J connectivity index is 0.926. The molecule has 0 spiro atoms. The molecule has 0 radical (unpaired) electrons. The Labute approximate surface area is 387 Å². The molecule has 3 aromatic heterocycles. The zero-order valence-corrected chi connectivity index (χ0v) is 36.2. The molecular formula is C63H38N4. The molecule has 0 atom stereocenters. The van der Waals surface area contributed by atoms with Gasteiger partial charge in [0, 0.05) is 40.0 Å². The highest BCUT2D eigenvalue weighted by molar-refractivity contribution is 6.09. The van der Waals surface area contributed by atoms with E-state index in [2.05, 4.69) is 216 Å². The van der Waals surface area contributed by atoms with E-state index in [-0.39, 0.29) is 0 Å². The van der Waals surface area contributed by atoms with Crippen LogP contribution in [0.5, 0.6) is 0 Å². The van der Waals surface area contributed by atoms with Crippen molar-refractivity contribution in [2.24, 2.45) is 0 Å². The molecule has 2 aliphatic rings. The third kappa shape index (κ3) is 5.76. The highest BCUT2D eigenvalue weighted by Crippen LogP contribution is 2.51. The average molecular weight is 851 g/mol. The standard InChI is InChI=1S/C63H38N4/c1-4-19-48-44(15-1)45-16-2-6-21-50(45)59-36-43(67-61-25-10-9-22-54(61)60-37-64-38-66-63(60)67)28-31-52(59)51-29-26-41(34-57(48)51)39-13-11-14-40(33-39)42-27-30-53-56-24-12-32-65-62(56)55-23-8-7-18-47(55)46-17-3-5-20-49(46)58(53)35-42/h1-38H. The fourth-order valence-electron chi connectivity index (χ4n) is 11.0. The van der Waals surface area contributed by atoms with Gasteiger partial charge in [-0.25, -0.2) is 9.97 Å². The van der Waals surface area contributed by atoms with E-state index < -0.39 is 0 Å². The van der Waals surface area contributed by atoms with E-state index in [4.69, 9.17) is 9.97 Å². The van der Waals surface area contributed by atoms with Gasteiger partial charge in [-0.3, -0.25) is 9.55 Å². The van der Waals surface area contributed by atoms with Gasteiger partial charge in [-0.2, -0.15) is 0 Å². The first-order valence-electron chi connectivity index (χ1n) is 22.8. The second-order valence-electron chi connectivity index (χ2n) is 17.5. The number of hydrogen-bond acceptors (Lipinski definition) is 3. The number of rotatable bonds is 3. The zero-order valence-electron chi connectivity index (χ0n) is 36.2. The van der Waals surface area contributed by atoms with Crippen LogP contribution in [0.2, 0.25) is 0 Å². The fourth-order valence-corrected chi connectivity index (χ4v) is 11.0. The van der Waals surface area contributed by atoms with Gasteiger partial charge in [0.1, 0.15) is 12.0 Å². The minimum atomic E-state index is 0.896. The fraction of sp³-hybridized carbons (Fsp3) is 0. The molecule has 9 aromatic carbocycles. The molecular weight excluding hydrogens is 813 g/mol. The van der Waals surface area contributed by atoms with E-state index in [1.165, 1.54) is 94.6 Å². The molecule has 0 bridgehead atoms. The zero-order chi connectivity index (χ0) is 44.0. The van der Waals surface area contributed by atoms with E-state index in [9.17, 15) is 0 Å². The Hall–Kier alpha value is -8.99. The lowest BCUT2D eigenvalue weighted by atomic mass is 9.80. The van der Waals surface area contributed by atoms with Crippen LogP contribution in [0.1, 0.15) is 0 Å². The van der Waals surface area contributed by atoms with Crippen LogP contribution in [0.15, 0.2) is 231 Å². The Kier molecular flexibility index (Phi) is 8.25. The minimum Gasteiger partial charge on any atom is -0.294 e. The summed E-state index contributed by atoms with van der Waals surface area (Å²) in [6.45, 7) is 0. The Morgan fingerprint density at radius 1 is 0.299 bits per heavy atom. The maximum Gasteiger partial charge on any atom is 0.148 e. The van der Waals surface area contributed by atoms with Crippen LogP contribution in [-0.4, -0.2) is 19.5 Å². The summed E-state index contributed by atoms with van der Waals surface area (Å²) in [5.74, 6) is 0. The lowest BCUT2D eigenvalue weighted by Gasteiger charge is -2.24. The van der Waals surface area contributed by atoms with Crippen molar-refractivity contribution in [2.45, 2.75) is 0 Å². The summed E-state index contributed by atoms with van der Waals surface area (Å²) in [5, 5.41) is 2.18. The summed E-state index contributed by atoms with van der Waals surface area (Å²) in [7, 11) is 0. The SMILES string of the molecule is c1cc(-c2ccc3c(c2)-c2ccccc2-c2ccccc2-c2cc(-n4c5ccccc5c5cncnc54)ccc2-3)cc(-c2ccc3c(c2)-c2ccccc2-c2ccccc2-c2ncccc2-3)c1. The van der Waals surface area contributed by atoms with Gasteiger partial charge in [0.15, 0.2) is 0 Å². The molecule has 2 aliphatic carbocycles. The average Bonchev–Trinajstić information content (AvgIpc) is 3.74. The first kappa shape index (κ1) is 37.4.